The number of benzene rings is 1. The maximum absolute atomic E-state index is 13.8. The summed E-state index contributed by atoms with van der Waals surface area (Å²) in [6, 6.07) is 5.98. The number of alkyl halides is 3. The summed E-state index contributed by atoms with van der Waals surface area (Å²) < 4.78 is 11.1. The fourth-order valence-electron chi connectivity index (χ4n) is 2.11. The third kappa shape index (κ3) is 4.21. The number of hydrogen-bond donors (Lipinski definition) is 4. The second kappa shape index (κ2) is 7.07. The quantitative estimate of drug-likeness (QED) is 0.137. The maximum atomic E-state index is 13.8. The summed E-state index contributed by atoms with van der Waals surface area (Å²) in [7, 11) is 0. The van der Waals surface area contributed by atoms with E-state index in [-0.39, 0.29) is 29.0 Å². The highest BCUT2D eigenvalue weighted by atomic mass is 79.9. The van der Waals surface area contributed by atoms with E-state index in [0.717, 1.165) is 0 Å². The number of phenols is 1. The molecule has 142 valence electrons. The molecule has 10 nitrogen and oxygen atoms in total. The minimum absolute atomic E-state index is 0.0362. The first-order valence-electron chi connectivity index (χ1n) is 7.06. The van der Waals surface area contributed by atoms with Crippen molar-refractivity contribution in [2.45, 2.75) is 8.36 Å². The van der Waals surface area contributed by atoms with E-state index in [1.54, 1.807) is 12.1 Å². The van der Waals surface area contributed by atoms with E-state index in [1.807, 2.05) is 0 Å². The first kappa shape index (κ1) is 19.5. The van der Waals surface area contributed by atoms with Crippen LogP contribution in [0.4, 0.5) is 15.9 Å². The van der Waals surface area contributed by atoms with Gasteiger partial charge in [0.15, 0.2) is 11.5 Å². The third-order valence-electron chi connectivity index (χ3n) is 3.28. The number of nitrogens with two attached hydrogens (primary N) is 1. The monoisotopic (exact) mass is 477 g/mol. The molecule has 0 aliphatic rings. The number of rotatable bonds is 6. The van der Waals surface area contributed by atoms with Crippen LogP contribution in [0, 0.1) is 10.1 Å². The Hall–Kier alpha value is -2.22. The molecule has 2 unspecified atom stereocenters. The second-order valence-electron chi connectivity index (χ2n) is 5.17. The van der Waals surface area contributed by atoms with Crippen LogP contribution in [0.25, 0.3) is 11.2 Å². The fourth-order valence-corrected chi connectivity index (χ4v) is 3.81. The molecule has 0 bridgehead atoms. The van der Waals surface area contributed by atoms with Gasteiger partial charge in [-0.3, -0.25) is 10.1 Å². The lowest BCUT2D eigenvalue weighted by Crippen LogP contribution is -2.44. The van der Waals surface area contributed by atoms with Gasteiger partial charge in [-0.15, -0.1) is 0 Å². The number of H-pyrrole nitrogens is 1. The first-order chi connectivity index (χ1) is 12.6. The molecule has 14 heteroatoms. The van der Waals surface area contributed by atoms with Crippen LogP contribution in [-0.2, 0) is 4.99 Å². The van der Waals surface area contributed by atoms with Gasteiger partial charge in [-0.05, 0) is 40.2 Å². The van der Waals surface area contributed by atoms with E-state index < -0.39 is 19.1 Å². The number of aromatic nitrogens is 4. The number of anilines is 2. The minimum Gasteiger partial charge on any atom is -0.508 e. The number of halogens is 3. The summed E-state index contributed by atoms with van der Waals surface area (Å²) in [6.07, 6.45) is 1.31. The molecule has 2 atom stereocenters. The number of phenolic OH excluding ortho intramolecular Hbond substituents is 1. The summed E-state index contributed by atoms with van der Waals surface area (Å²) in [5.41, 5.74) is 6.71. The van der Waals surface area contributed by atoms with Gasteiger partial charge in [0.25, 0.3) is 3.37 Å². The topological polar surface area (TPSA) is 156 Å². The predicted molar refractivity (Wildman–Crippen MR) is 102 cm³/mol. The standard InChI is InChI=1S/C13H10BrClFN7O3S/c14-13(15,16)27-12(17,23(25)26)11-21-9-8(18-5-19-9)10(22-11)20-6-1-3-7(24)4-2-6/h1-5,24H,17H2,(H2,18,19,20,21,22). The smallest absolute Gasteiger partial charge is 0.384 e. The number of hydrogen-bond acceptors (Lipinski definition) is 9. The summed E-state index contributed by atoms with van der Waals surface area (Å²) in [5, 5.41) is 23.8. The molecule has 2 heterocycles. The minimum atomic E-state index is -2.72. The van der Waals surface area contributed by atoms with Crippen molar-refractivity contribution in [1.82, 2.24) is 19.9 Å². The van der Waals surface area contributed by atoms with E-state index >= 15 is 0 Å². The van der Waals surface area contributed by atoms with Crippen molar-refractivity contribution in [1.29, 1.82) is 0 Å². The summed E-state index contributed by atoms with van der Waals surface area (Å²) in [4.78, 5) is 22.8. The molecule has 5 N–H and O–H groups in total. The molecule has 0 spiro atoms. The number of fused-ring (bicyclic) bond motifs is 1. The summed E-state index contributed by atoms with van der Waals surface area (Å²) in [5.74, 6) is -0.343. The molecule has 1 aromatic carbocycles. The van der Waals surface area contributed by atoms with Crippen LogP contribution >= 0.6 is 39.3 Å². The van der Waals surface area contributed by atoms with Crippen LogP contribution < -0.4 is 11.1 Å². The number of nitrogens with one attached hydrogen (secondary N) is 2. The third-order valence-corrected chi connectivity index (χ3v) is 4.87. The molecule has 0 aliphatic heterocycles. The largest absolute Gasteiger partial charge is 0.508 e. The van der Waals surface area contributed by atoms with Crippen molar-refractivity contribution in [2.75, 3.05) is 5.32 Å². The van der Waals surface area contributed by atoms with Crippen molar-refractivity contribution in [3.63, 3.8) is 0 Å². The van der Waals surface area contributed by atoms with Crippen LogP contribution in [0.2, 0.25) is 0 Å². The summed E-state index contributed by atoms with van der Waals surface area (Å²) in [6.45, 7) is 0. The fraction of sp³-hybridized carbons (Fsp3) is 0.154. The molecular formula is C13H10BrClFN7O3S. The van der Waals surface area contributed by atoms with Gasteiger partial charge in [0.05, 0.1) is 11.3 Å². The molecule has 0 fully saturated rings. The number of nitrogens with zero attached hydrogens (tertiary/aromatic N) is 4. The van der Waals surface area contributed by atoms with Gasteiger partial charge in [-0.2, -0.15) is 0 Å². The Balaban J connectivity index is 2.11. The molecular weight excluding hydrogens is 469 g/mol. The van der Waals surface area contributed by atoms with Gasteiger partial charge >= 0.3 is 4.99 Å². The molecule has 3 rings (SSSR count). The molecule has 0 amide bonds. The van der Waals surface area contributed by atoms with Crippen LogP contribution in [0.3, 0.4) is 0 Å². The average Bonchev–Trinajstić information content (AvgIpc) is 3.04. The summed E-state index contributed by atoms with van der Waals surface area (Å²) >= 11 is 7.83. The highest BCUT2D eigenvalue weighted by Crippen LogP contribution is 2.47. The van der Waals surface area contributed by atoms with Gasteiger partial charge in [0.2, 0.25) is 5.82 Å². The van der Waals surface area contributed by atoms with E-state index in [9.17, 15) is 19.6 Å². The lowest BCUT2D eigenvalue weighted by Gasteiger charge is -2.21. The molecule has 27 heavy (non-hydrogen) atoms. The van der Waals surface area contributed by atoms with E-state index in [2.05, 4.69) is 41.2 Å². The number of nitro groups is 1. The second-order valence-corrected chi connectivity index (χ2v) is 9.38. The van der Waals surface area contributed by atoms with E-state index in [0.29, 0.717) is 11.2 Å². The number of imidazole rings is 1. The van der Waals surface area contributed by atoms with Crippen molar-refractivity contribution >= 4 is 62.0 Å². The van der Waals surface area contributed by atoms with Crippen molar-refractivity contribution in [3.05, 3.63) is 46.5 Å². The Labute approximate surface area is 168 Å². The molecule has 0 saturated heterocycles. The van der Waals surface area contributed by atoms with Crippen LogP contribution in [0.1, 0.15) is 5.82 Å². The van der Waals surface area contributed by atoms with Crippen molar-refractivity contribution < 1.29 is 14.4 Å². The van der Waals surface area contributed by atoms with E-state index in [1.165, 1.54) is 18.5 Å². The van der Waals surface area contributed by atoms with Gasteiger partial charge < -0.3 is 15.4 Å². The van der Waals surface area contributed by atoms with Crippen molar-refractivity contribution in [2.24, 2.45) is 5.73 Å². The predicted octanol–water partition coefficient (Wildman–Crippen LogP) is 3.10. The molecule has 2 aromatic heterocycles. The van der Waals surface area contributed by atoms with Gasteiger partial charge in [-0.1, -0.05) is 11.6 Å². The van der Waals surface area contributed by atoms with Crippen LogP contribution in [-0.4, -0.2) is 33.3 Å². The number of aromatic amines is 1. The number of thioether (sulfide) groups is 1. The van der Waals surface area contributed by atoms with Crippen LogP contribution in [0.5, 0.6) is 5.75 Å². The Bertz CT molecular complexity index is 1000. The van der Waals surface area contributed by atoms with Gasteiger partial charge in [0.1, 0.15) is 11.3 Å². The SMILES string of the molecule is NC(SC(F)(Cl)Br)(c1nc(Nc2ccc(O)cc2)c2[nH]cnc2n1)[N+](=O)[O-]. The Morgan fingerprint density at radius 3 is 2.67 bits per heavy atom. The van der Waals surface area contributed by atoms with E-state index in [4.69, 9.17) is 17.3 Å². The van der Waals surface area contributed by atoms with Crippen molar-refractivity contribution in [3.8, 4) is 5.75 Å². The lowest BCUT2D eigenvalue weighted by molar-refractivity contribution is -0.547. The Morgan fingerprint density at radius 2 is 2.07 bits per heavy atom. The lowest BCUT2D eigenvalue weighted by atomic mass is 10.3. The normalized spacial score (nSPS) is 15.9. The Morgan fingerprint density at radius 1 is 1.41 bits per heavy atom. The highest BCUT2D eigenvalue weighted by Gasteiger charge is 2.52. The van der Waals surface area contributed by atoms with Crippen LogP contribution in [0.15, 0.2) is 30.6 Å². The molecule has 0 radical (unpaired) electrons. The zero-order valence-electron chi connectivity index (χ0n) is 13.1. The van der Waals surface area contributed by atoms with Gasteiger partial charge in [0, 0.05) is 17.4 Å². The Kier molecular flexibility index (Phi) is 5.12. The zero-order chi connectivity index (χ0) is 19.8. The number of aromatic hydroxyl groups is 1. The average molecular weight is 479 g/mol. The van der Waals surface area contributed by atoms with Gasteiger partial charge in [-0.25, -0.2) is 25.1 Å². The molecule has 0 saturated carbocycles. The molecule has 3 aromatic rings. The molecule has 0 aliphatic carbocycles. The maximum Gasteiger partial charge on any atom is 0.384 e. The first-order valence-corrected chi connectivity index (χ1v) is 9.05. The highest BCUT2D eigenvalue weighted by molar-refractivity contribution is 9.12. The zero-order valence-corrected chi connectivity index (χ0v) is 16.2.